The van der Waals surface area contributed by atoms with Crippen LogP contribution in [-0.4, -0.2) is 34.5 Å². The topological polar surface area (TPSA) is 106 Å². The molecule has 0 fully saturated rings. The van der Waals surface area contributed by atoms with Crippen molar-refractivity contribution < 1.29 is 0 Å². The Bertz CT molecular complexity index is 1030. The molecule has 0 saturated heterocycles. The smallest absolute Gasteiger partial charge is 0.233 e. The van der Waals surface area contributed by atoms with E-state index in [-0.39, 0.29) is 6.04 Å². The van der Waals surface area contributed by atoms with Crippen molar-refractivity contribution in [3.05, 3.63) is 54.9 Å². The first-order valence-corrected chi connectivity index (χ1v) is 8.62. The Morgan fingerprint density at radius 3 is 2.59 bits per heavy atom. The number of fused-ring (bicyclic) bond motifs is 1. The van der Waals surface area contributed by atoms with Gasteiger partial charge in [-0.2, -0.15) is 9.97 Å². The number of hydrogen-bond acceptors (Lipinski definition) is 8. The zero-order valence-corrected chi connectivity index (χ0v) is 15.0. The maximum Gasteiger partial charge on any atom is 0.233 e. The van der Waals surface area contributed by atoms with Crippen molar-refractivity contribution in [3.63, 3.8) is 0 Å². The van der Waals surface area contributed by atoms with Crippen molar-refractivity contribution in [3.8, 4) is 0 Å². The average molecular weight is 361 g/mol. The van der Waals surface area contributed by atoms with Crippen LogP contribution in [0.25, 0.3) is 11.2 Å². The van der Waals surface area contributed by atoms with Gasteiger partial charge in [-0.25, -0.2) is 15.0 Å². The van der Waals surface area contributed by atoms with E-state index in [1.807, 2.05) is 22.9 Å². The molecule has 2 N–H and O–H groups in total. The molecule has 0 atom stereocenters. The van der Waals surface area contributed by atoms with Gasteiger partial charge >= 0.3 is 0 Å². The fourth-order valence-electron chi connectivity index (χ4n) is 2.63. The molecule has 0 aliphatic heterocycles. The Morgan fingerprint density at radius 2 is 1.85 bits per heavy atom. The summed E-state index contributed by atoms with van der Waals surface area (Å²) in [6.45, 7) is 4.74. The van der Waals surface area contributed by atoms with Gasteiger partial charge in [0.05, 0.1) is 6.33 Å². The molecule has 0 amide bonds. The van der Waals surface area contributed by atoms with Crippen LogP contribution in [0.15, 0.2) is 49.3 Å². The first-order chi connectivity index (χ1) is 13.2. The highest BCUT2D eigenvalue weighted by atomic mass is 15.2. The molecule has 4 heterocycles. The van der Waals surface area contributed by atoms with E-state index in [4.69, 9.17) is 0 Å². The third-order valence-corrected chi connectivity index (χ3v) is 3.95. The van der Waals surface area contributed by atoms with Gasteiger partial charge in [-0.1, -0.05) is 6.07 Å². The van der Waals surface area contributed by atoms with Gasteiger partial charge in [0, 0.05) is 37.4 Å². The minimum atomic E-state index is 0.219. The fraction of sp³-hybridized carbons (Fsp3) is 0.222. The maximum absolute atomic E-state index is 4.61. The summed E-state index contributed by atoms with van der Waals surface area (Å²) in [6.07, 6.45) is 8.66. The third kappa shape index (κ3) is 3.66. The number of nitrogens with zero attached hydrogens (tertiary/aromatic N) is 7. The lowest BCUT2D eigenvalue weighted by atomic mass is 10.3. The Hall–Kier alpha value is -3.62. The van der Waals surface area contributed by atoms with Crippen molar-refractivity contribution in [2.24, 2.45) is 0 Å². The number of anilines is 3. The predicted molar refractivity (Wildman–Crippen MR) is 103 cm³/mol. The number of pyridine rings is 1. The summed E-state index contributed by atoms with van der Waals surface area (Å²) in [5, 5.41) is 6.39. The Balaban J connectivity index is 1.71. The lowest BCUT2D eigenvalue weighted by Crippen LogP contribution is -2.08. The van der Waals surface area contributed by atoms with E-state index < -0.39 is 0 Å². The molecule has 4 aromatic heterocycles. The van der Waals surface area contributed by atoms with Crippen LogP contribution >= 0.6 is 0 Å². The highest BCUT2D eigenvalue weighted by molar-refractivity contribution is 5.84. The summed E-state index contributed by atoms with van der Waals surface area (Å²) in [6, 6.07) is 5.88. The molecule has 0 spiro atoms. The Kier molecular flexibility index (Phi) is 4.56. The molecule has 27 heavy (non-hydrogen) atoms. The molecular formula is C18H19N9. The SMILES string of the molecule is CC(C)n1cnc2c(NCc3cccnc3)nc(Nc3ncccn3)nc21. The van der Waals surface area contributed by atoms with E-state index in [2.05, 4.69) is 54.4 Å². The van der Waals surface area contributed by atoms with Gasteiger partial charge < -0.3 is 9.88 Å². The highest BCUT2D eigenvalue weighted by Gasteiger charge is 2.15. The van der Waals surface area contributed by atoms with E-state index >= 15 is 0 Å². The second kappa shape index (κ2) is 7.32. The quantitative estimate of drug-likeness (QED) is 0.540. The number of imidazole rings is 1. The Morgan fingerprint density at radius 1 is 1.00 bits per heavy atom. The third-order valence-electron chi connectivity index (χ3n) is 3.95. The first kappa shape index (κ1) is 16.8. The van der Waals surface area contributed by atoms with Crippen LogP contribution in [0.1, 0.15) is 25.5 Å². The predicted octanol–water partition coefficient (Wildman–Crippen LogP) is 2.95. The fourth-order valence-corrected chi connectivity index (χ4v) is 2.63. The van der Waals surface area contributed by atoms with E-state index in [1.54, 1.807) is 31.0 Å². The second-order valence-electron chi connectivity index (χ2n) is 6.23. The summed E-state index contributed by atoms with van der Waals surface area (Å²) in [5.41, 5.74) is 2.51. The molecule has 4 aromatic rings. The van der Waals surface area contributed by atoms with Gasteiger partial charge in [0.15, 0.2) is 17.0 Å². The average Bonchev–Trinajstić information content (AvgIpc) is 3.12. The summed E-state index contributed by atoms with van der Waals surface area (Å²) >= 11 is 0. The summed E-state index contributed by atoms with van der Waals surface area (Å²) < 4.78 is 2.00. The maximum atomic E-state index is 4.61. The van der Waals surface area contributed by atoms with Crippen LogP contribution < -0.4 is 10.6 Å². The number of nitrogens with one attached hydrogen (secondary N) is 2. The lowest BCUT2D eigenvalue weighted by molar-refractivity contribution is 0.613. The molecule has 0 radical (unpaired) electrons. The first-order valence-electron chi connectivity index (χ1n) is 8.62. The van der Waals surface area contributed by atoms with Crippen molar-refractivity contribution in [1.82, 2.24) is 34.5 Å². The normalized spacial score (nSPS) is 11.1. The summed E-state index contributed by atoms with van der Waals surface area (Å²) in [4.78, 5) is 26.2. The molecule has 9 heteroatoms. The summed E-state index contributed by atoms with van der Waals surface area (Å²) in [7, 11) is 0. The minimum absolute atomic E-state index is 0.219. The lowest BCUT2D eigenvalue weighted by Gasteiger charge is -2.11. The van der Waals surface area contributed by atoms with Crippen molar-refractivity contribution in [2.45, 2.75) is 26.4 Å². The molecule has 136 valence electrons. The molecule has 0 unspecified atom stereocenters. The largest absolute Gasteiger partial charge is 0.364 e. The van der Waals surface area contributed by atoms with Crippen molar-refractivity contribution in [1.29, 1.82) is 0 Å². The Labute approximate surface area is 156 Å². The van der Waals surface area contributed by atoms with Gasteiger partial charge in [0.25, 0.3) is 0 Å². The molecular weight excluding hydrogens is 342 g/mol. The van der Waals surface area contributed by atoms with Gasteiger partial charge in [-0.3, -0.25) is 10.3 Å². The van der Waals surface area contributed by atoms with Crippen molar-refractivity contribution in [2.75, 3.05) is 10.6 Å². The zero-order valence-electron chi connectivity index (χ0n) is 15.0. The van der Waals surface area contributed by atoms with E-state index in [0.717, 1.165) is 11.2 Å². The van der Waals surface area contributed by atoms with E-state index in [0.29, 0.717) is 29.8 Å². The van der Waals surface area contributed by atoms with Crippen LogP contribution in [0.4, 0.5) is 17.7 Å². The number of hydrogen-bond donors (Lipinski definition) is 2. The number of rotatable bonds is 6. The summed E-state index contributed by atoms with van der Waals surface area (Å²) in [5.74, 6) is 1.48. The molecule has 0 aliphatic rings. The molecule has 9 nitrogen and oxygen atoms in total. The van der Waals surface area contributed by atoms with Gasteiger partial charge in [0.2, 0.25) is 11.9 Å². The van der Waals surface area contributed by atoms with E-state index in [9.17, 15) is 0 Å². The van der Waals surface area contributed by atoms with Crippen LogP contribution in [-0.2, 0) is 6.54 Å². The van der Waals surface area contributed by atoms with Crippen LogP contribution in [0, 0.1) is 0 Å². The zero-order chi connectivity index (χ0) is 18.6. The van der Waals surface area contributed by atoms with Crippen LogP contribution in [0.2, 0.25) is 0 Å². The molecule has 0 aliphatic carbocycles. The second-order valence-corrected chi connectivity index (χ2v) is 6.23. The van der Waals surface area contributed by atoms with Crippen LogP contribution in [0.5, 0.6) is 0 Å². The number of aromatic nitrogens is 7. The highest BCUT2D eigenvalue weighted by Crippen LogP contribution is 2.24. The molecule has 4 rings (SSSR count). The monoisotopic (exact) mass is 361 g/mol. The standard InChI is InChI=1S/C18H19N9/c1-12(2)27-11-23-14-15(22-10-13-5-3-6-19-9-13)24-18(25-16(14)27)26-17-20-7-4-8-21-17/h3-9,11-12H,10H2,1-2H3,(H2,20,21,22,24,25,26). The van der Waals surface area contributed by atoms with Crippen LogP contribution in [0.3, 0.4) is 0 Å². The minimum Gasteiger partial charge on any atom is -0.364 e. The van der Waals surface area contributed by atoms with Gasteiger partial charge in [0.1, 0.15) is 0 Å². The van der Waals surface area contributed by atoms with E-state index in [1.165, 1.54) is 0 Å². The molecule has 0 saturated carbocycles. The molecule has 0 bridgehead atoms. The van der Waals surface area contributed by atoms with Gasteiger partial charge in [-0.05, 0) is 31.5 Å². The van der Waals surface area contributed by atoms with Crippen molar-refractivity contribution >= 4 is 28.9 Å². The van der Waals surface area contributed by atoms with Gasteiger partial charge in [-0.15, -0.1) is 0 Å². The molecule has 0 aromatic carbocycles.